The highest BCUT2D eigenvalue weighted by molar-refractivity contribution is 6.33. The number of fused-ring (bicyclic) bond motifs is 35. The largest absolute Gasteiger partial charge is 0.457 e. The van der Waals surface area contributed by atoms with E-state index in [1.165, 1.54) is 236 Å². The predicted octanol–water partition coefficient (Wildman–Crippen LogP) is 21.7. The van der Waals surface area contributed by atoms with Gasteiger partial charge in [0.25, 0.3) is 0 Å². The second kappa shape index (κ2) is 15.2. The van der Waals surface area contributed by atoms with Crippen molar-refractivity contribution < 1.29 is 4.74 Å². The van der Waals surface area contributed by atoms with E-state index in [1.807, 2.05) is 0 Å². The predicted molar refractivity (Wildman–Crippen MR) is 357 cm³/mol. The minimum Gasteiger partial charge on any atom is -0.457 e. The summed E-state index contributed by atoms with van der Waals surface area (Å²) in [7, 11) is 0. The molecule has 1 spiro atoms. The van der Waals surface area contributed by atoms with Gasteiger partial charge in [-0.1, -0.05) is 48.5 Å². The SMILES string of the molecule is [C-]#[N+]c1cc2c(c3c1C1CC4CC(C1)CC3C4)c1cc3c(c4c5c6c(ccc5n2c14)C1CC2CC(C1)CC6C2)C1(c2ccccc2Oc2ccccc21)c1c-3cc2c3c4c(ccc3n3c5cc(C#N)c6c(c5c1c23)C1CC2CC6CC1C2)C1CC2CC(C1)C4C2. The van der Waals surface area contributed by atoms with Gasteiger partial charge >= 0.3 is 0 Å². The molecule has 12 atom stereocenters. The lowest BCUT2D eigenvalue weighted by atomic mass is 9.63. The maximum Gasteiger partial charge on any atom is 0.193 e. The van der Waals surface area contributed by atoms with E-state index < -0.39 is 5.41 Å². The quantitative estimate of drug-likeness (QED) is 0.142. The summed E-state index contributed by atoms with van der Waals surface area (Å²) in [5.41, 5.74) is 30.1. The molecule has 0 radical (unpaired) electrons. The maximum absolute atomic E-state index is 11.7. The van der Waals surface area contributed by atoms with Crippen LogP contribution in [0, 0.1) is 65.2 Å². The van der Waals surface area contributed by atoms with Crippen LogP contribution in [0.1, 0.15) is 235 Å². The molecule has 5 nitrogen and oxygen atoms in total. The lowest BCUT2D eigenvalue weighted by molar-refractivity contribution is 0.166. The normalized spacial score (nSPS) is 33.6. The fraction of sp³-hybridized carbons (Fsp3) is 0.412. The Hall–Kier alpha value is -7.86. The third kappa shape index (κ3) is 5.02. The number of nitriles is 1. The molecule has 8 saturated carbocycles. The van der Waals surface area contributed by atoms with Crippen molar-refractivity contribution in [1.82, 2.24) is 8.80 Å². The standard InChI is InChI=1S/C85H68N4O/c1-87-62-35-66-75(72-49-25-39-15-40(26-49)24-48(23-39)71(62)72)59-34-57-56-33-58-74-63(12-11-53-44-18-41-19-45(30-44)54(28-41)73(53)74)88-65-32-51(36-86)69-50-27-42-20-46(31-50)55(29-42)76(69)78(65)80(83(58)88)82(56)85(60-6-2-4-8-67(60)90-68-9-5-3-7-61(68)85)81(57)79-77-64(89(66)84(59)79)13-10-52-43-16-37-14-38(17-43)22-47(21-37)70(52)77/h2-13,32-35,37-50,54-55H,14-31H2. The fourth-order valence-electron chi connectivity index (χ4n) is 28.1. The van der Waals surface area contributed by atoms with E-state index in [0.717, 1.165) is 64.2 Å². The summed E-state index contributed by atoms with van der Waals surface area (Å²) in [6.45, 7) is 9.21. The Morgan fingerprint density at radius 3 is 1.51 bits per heavy atom. The van der Waals surface area contributed by atoms with Gasteiger partial charge in [-0.2, -0.15) is 5.26 Å². The Labute approximate surface area is 522 Å². The number of hydrogen-bond donors (Lipinski definition) is 0. The Morgan fingerprint density at radius 2 is 0.900 bits per heavy atom. The van der Waals surface area contributed by atoms with Crippen molar-refractivity contribution in [2.24, 2.45) is 47.3 Å². The molecular formula is C85H68N4O. The van der Waals surface area contributed by atoms with Crippen LogP contribution >= 0.6 is 0 Å². The average molecular weight is 1160 g/mol. The van der Waals surface area contributed by atoms with Crippen LogP contribution in [0.3, 0.4) is 0 Å². The third-order valence-corrected chi connectivity index (χ3v) is 29.9. The molecule has 0 saturated heterocycles. The zero-order valence-corrected chi connectivity index (χ0v) is 50.9. The van der Waals surface area contributed by atoms with Gasteiger partial charge in [0.15, 0.2) is 5.69 Å². The van der Waals surface area contributed by atoms with Gasteiger partial charge in [0.2, 0.25) is 0 Å². The van der Waals surface area contributed by atoms with Crippen molar-refractivity contribution >= 4 is 81.9 Å². The molecule has 12 unspecified atom stereocenters. The highest BCUT2D eigenvalue weighted by Gasteiger charge is 2.58. The highest BCUT2D eigenvalue weighted by Crippen LogP contribution is 2.73. The molecule has 28 rings (SSSR count). The summed E-state index contributed by atoms with van der Waals surface area (Å²) in [6.07, 6.45) is 23.5. The van der Waals surface area contributed by atoms with Gasteiger partial charge < -0.3 is 13.5 Å². The number of ether oxygens (including phenoxy) is 1. The molecule has 5 heterocycles. The molecule has 15 aliphatic carbocycles. The number of para-hydroxylation sites is 2. The Bertz CT molecular complexity index is 5540. The molecule has 1 aliphatic heterocycles. The maximum atomic E-state index is 11.7. The molecule has 0 N–H and O–H groups in total. The number of aromatic nitrogens is 2. The van der Waals surface area contributed by atoms with Gasteiger partial charge in [-0.15, -0.1) is 0 Å². The van der Waals surface area contributed by atoms with Crippen LogP contribution in [-0.4, -0.2) is 8.80 Å². The smallest absolute Gasteiger partial charge is 0.193 e. The van der Waals surface area contributed by atoms with E-state index in [9.17, 15) is 11.8 Å². The monoisotopic (exact) mass is 1160 g/mol. The molecular weight excluding hydrogens is 1090 g/mol. The Kier molecular flexibility index (Phi) is 7.96. The molecule has 90 heavy (non-hydrogen) atoms. The van der Waals surface area contributed by atoms with Crippen molar-refractivity contribution in [3.8, 4) is 28.7 Å². The van der Waals surface area contributed by atoms with Gasteiger partial charge in [-0.25, -0.2) is 4.85 Å². The molecule has 8 aromatic carbocycles. The first-order chi connectivity index (χ1) is 44.4. The molecule has 4 aromatic heterocycles. The van der Waals surface area contributed by atoms with Gasteiger partial charge in [0.05, 0.1) is 51.2 Å². The summed E-state index contributed by atoms with van der Waals surface area (Å²) < 4.78 is 13.0. The van der Waals surface area contributed by atoms with E-state index in [0.29, 0.717) is 53.3 Å². The lowest BCUT2D eigenvalue weighted by Gasteiger charge is -2.40. The van der Waals surface area contributed by atoms with Crippen LogP contribution in [0.2, 0.25) is 0 Å². The first-order valence-corrected chi connectivity index (χ1v) is 35.9. The highest BCUT2D eigenvalue weighted by atomic mass is 16.5. The number of benzene rings is 8. The number of hydrogen-bond acceptors (Lipinski definition) is 2. The van der Waals surface area contributed by atoms with Gasteiger partial charge in [0.1, 0.15) is 11.5 Å². The van der Waals surface area contributed by atoms with Crippen molar-refractivity contribution in [3.63, 3.8) is 0 Å². The second-order valence-electron chi connectivity index (χ2n) is 33.4. The lowest BCUT2D eigenvalue weighted by Crippen LogP contribution is -2.32. The summed E-state index contributed by atoms with van der Waals surface area (Å²) in [5, 5.41) is 23.6. The van der Waals surface area contributed by atoms with Crippen LogP contribution in [0.5, 0.6) is 11.5 Å². The van der Waals surface area contributed by atoms with Gasteiger partial charge in [-0.05, 0) is 326 Å². The summed E-state index contributed by atoms with van der Waals surface area (Å²) in [6, 6.07) is 42.7. The first-order valence-electron chi connectivity index (χ1n) is 35.9. The summed E-state index contributed by atoms with van der Waals surface area (Å²) in [4.78, 5) is 4.66. The molecule has 5 heteroatoms. The minimum atomic E-state index is -0.792. The molecule has 434 valence electrons. The van der Waals surface area contributed by atoms with Crippen molar-refractivity contribution in [3.05, 3.63) is 181 Å². The van der Waals surface area contributed by atoms with Crippen molar-refractivity contribution in [2.75, 3.05) is 0 Å². The number of rotatable bonds is 0. The Morgan fingerprint density at radius 1 is 0.422 bits per heavy atom. The Balaban J connectivity index is 0.937. The number of nitrogens with zero attached hydrogens (tertiary/aromatic N) is 4. The van der Waals surface area contributed by atoms with Crippen molar-refractivity contribution in [1.29, 1.82) is 5.26 Å². The third-order valence-electron chi connectivity index (χ3n) is 29.9. The molecule has 0 amide bonds. The minimum absolute atomic E-state index is 0.427. The molecule has 14 bridgehead atoms. The van der Waals surface area contributed by atoms with Gasteiger partial charge in [-0.3, -0.25) is 0 Å². The average Bonchev–Trinajstić information content (AvgIpc) is 1.46. The van der Waals surface area contributed by atoms with E-state index >= 15 is 0 Å². The zero-order chi connectivity index (χ0) is 57.5. The topological polar surface area (TPSA) is 46.2 Å². The molecule has 8 fully saturated rings. The van der Waals surface area contributed by atoms with E-state index in [-0.39, 0.29) is 0 Å². The molecule has 16 aliphatic rings. The zero-order valence-electron chi connectivity index (χ0n) is 50.9. The van der Waals surface area contributed by atoms with Crippen LogP contribution < -0.4 is 4.74 Å². The first kappa shape index (κ1) is 47.1. The van der Waals surface area contributed by atoms with Gasteiger partial charge in [0, 0.05) is 59.7 Å². The van der Waals surface area contributed by atoms with E-state index in [1.54, 1.807) is 33.4 Å². The van der Waals surface area contributed by atoms with Crippen LogP contribution in [0.15, 0.2) is 97.1 Å². The molecule has 12 aromatic rings. The van der Waals surface area contributed by atoms with E-state index in [2.05, 4.69) is 117 Å². The summed E-state index contributed by atoms with van der Waals surface area (Å²) in [5.74, 6) is 12.1. The van der Waals surface area contributed by atoms with Crippen LogP contribution in [-0.2, 0) is 5.41 Å². The fourth-order valence-corrected chi connectivity index (χ4v) is 28.1. The van der Waals surface area contributed by atoms with Crippen molar-refractivity contribution in [2.45, 2.75) is 168 Å². The van der Waals surface area contributed by atoms with Crippen LogP contribution in [0.4, 0.5) is 5.69 Å². The second-order valence-corrected chi connectivity index (χ2v) is 33.4. The summed E-state index contributed by atoms with van der Waals surface area (Å²) >= 11 is 0. The van der Waals surface area contributed by atoms with Crippen LogP contribution in [0.25, 0.3) is 92.2 Å². The van der Waals surface area contributed by atoms with E-state index in [4.69, 9.17) is 4.74 Å².